The maximum absolute atomic E-state index is 15.7. The van der Waals surface area contributed by atoms with Crippen LogP contribution in [-0.2, 0) is 28.7 Å². The molecule has 1 saturated carbocycles. The van der Waals surface area contributed by atoms with Crippen molar-refractivity contribution in [2.24, 2.45) is 18.2 Å². The number of carbonyl (C=O) groups is 2. The molecule has 2 atom stereocenters. The fourth-order valence-electron chi connectivity index (χ4n) is 4.95. The minimum atomic E-state index is -1.66. The molecule has 9 nitrogen and oxygen atoms in total. The Morgan fingerprint density at radius 2 is 1.89 bits per heavy atom. The lowest BCUT2D eigenvalue weighted by molar-refractivity contribution is -0.129. The Morgan fingerprint density at radius 1 is 1.18 bits per heavy atom. The number of halogens is 3. The van der Waals surface area contributed by atoms with E-state index < -0.39 is 34.9 Å². The van der Waals surface area contributed by atoms with Gasteiger partial charge in [0.05, 0.1) is 40.5 Å². The van der Waals surface area contributed by atoms with E-state index >= 15 is 4.39 Å². The highest BCUT2D eigenvalue weighted by Crippen LogP contribution is 2.48. The molecular formula is C32H32Cl2FN5O4. The van der Waals surface area contributed by atoms with Gasteiger partial charge in [0.25, 0.3) is 5.91 Å². The van der Waals surface area contributed by atoms with Crippen LogP contribution < -0.4 is 5.73 Å². The topological polar surface area (TPSA) is 124 Å². The zero-order valence-corrected chi connectivity index (χ0v) is 25.9. The van der Waals surface area contributed by atoms with Gasteiger partial charge in [-0.2, -0.15) is 0 Å². The molecule has 0 radical (unpaired) electrons. The second-order valence-corrected chi connectivity index (χ2v) is 12.2. The summed E-state index contributed by atoms with van der Waals surface area (Å²) in [4.78, 5) is 35.5. The number of aryl methyl sites for hydroxylation is 2. The van der Waals surface area contributed by atoms with Crippen LogP contribution in [0.2, 0.25) is 10.0 Å². The molecule has 0 spiro atoms. The minimum absolute atomic E-state index is 0.0174. The second kappa shape index (κ2) is 12.3. The predicted molar refractivity (Wildman–Crippen MR) is 163 cm³/mol. The number of pyridine rings is 1. The first-order valence-corrected chi connectivity index (χ1v) is 14.7. The van der Waals surface area contributed by atoms with E-state index in [4.69, 9.17) is 33.7 Å². The molecule has 2 amide bonds. The average molecular weight is 641 g/mol. The maximum Gasteiger partial charge on any atom is 0.257 e. The van der Waals surface area contributed by atoms with Crippen LogP contribution in [0, 0.1) is 18.2 Å². The van der Waals surface area contributed by atoms with Gasteiger partial charge in [-0.25, -0.2) is 9.37 Å². The zero-order chi connectivity index (χ0) is 31.8. The molecule has 44 heavy (non-hydrogen) atoms. The number of aliphatic hydroxyl groups is 1. The first kappa shape index (κ1) is 31.6. The largest absolute Gasteiger partial charge is 0.379 e. The standard InChI is InChI=1S/C26H27ClFN5O4.C6H5Cl/c1-14-31-20(12-32(14)3)25(2,36)15-8-18-21(19(28)9-15)23(37-13-26(6-7-26)24(29)35)33(22(18)34)11-17-5-4-16(27)10-30-17;7-6-4-2-1-3-5-6/h4-5,8-10,12,23,36H,6-7,11,13H2,1-3H3,(H2,29,35);1-5H. The molecule has 2 aromatic carbocycles. The van der Waals surface area contributed by atoms with E-state index in [9.17, 15) is 14.7 Å². The number of nitrogens with zero attached hydrogens (tertiary/aromatic N) is 4. The van der Waals surface area contributed by atoms with Gasteiger partial charge in [0.2, 0.25) is 5.91 Å². The molecular weight excluding hydrogens is 608 g/mol. The summed E-state index contributed by atoms with van der Waals surface area (Å²) in [7, 11) is 1.79. The number of ether oxygens (including phenoxy) is 1. The fraction of sp³-hybridized carbons (Fsp3) is 0.312. The van der Waals surface area contributed by atoms with E-state index in [1.54, 1.807) is 36.9 Å². The maximum atomic E-state index is 15.7. The molecule has 2 aromatic heterocycles. The van der Waals surface area contributed by atoms with E-state index in [-0.39, 0.29) is 29.8 Å². The van der Waals surface area contributed by atoms with Crippen LogP contribution in [0.1, 0.15) is 64.7 Å². The lowest BCUT2D eigenvalue weighted by Gasteiger charge is -2.27. The third kappa shape index (κ3) is 6.34. The van der Waals surface area contributed by atoms with Crippen LogP contribution in [0.3, 0.4) is 0 Å². The van der Waals surface area contributed by atoms with Crippen molar-refractivity contribution >= 4 is 35.0 Å². The molecule has 2 unspecified atom stereocenters. The lowest BCUT2D eigenvalue weighted by Crippen LogP contribution is -2.34. The summed E-state index contributed by atoms with van der Waals surface area (Å²) in [5.74, 6) is -1.02. The van der Waals surface area contributed by atoms with Crippen molar-refractivity contribution in [3.8, 4) is 0 Å². The number of primary amides is 1. The Kier molecular flexibility index (Phi) is 8.82. The van der Waals surface area contributed by atoms with Gasteiger partial charge in [-0.15, -0.1) is 0 Å². The summed E-state index contributed by atoms with van der Waals surface area (Å²) in [6.45, 7) is 3.26. The molecule has 1 aliphatic heterocycles. The van der Waals surface area contributed by atoms with Gasteiger partial charge in [0.1, 0.15) is 17.2 Å². The Labute approximate surface area is 264 Å². The smallest absolute Gasteiger partial charge is 0.257 e. The molecule has 3 heterocycles. The third-order valence-electron chi connectivity index (χ3n) is 8.07. The highest BCUT2D eigenvalue weighted by atomic mass is 35.5. The first-order valence-electron chi connectivity index (χ1n) is 13.9. The Hall–Kier alpha value is -3.83. The SMILES string of the molecule is Cc1nc(C(C)(O)c2cc(F)c3c(c2)C(=O)N(Cc2ccc(Cl)cn2)C3OCC2(C(N)=O)CC2)cn1C.Clc1ccccc1. The van der Waals surface area contributed by atoms with Crippen molar-refractivity contribution in [1.29, 1.82) is 0 Å². The zero-order valence-electron chi connectivity index (χ0n) is 24.4. The molecule has 12 heteroatoms. The number of hydrogen-bond acceptors (Lipinski definition) is 6. The summed E-state index contributed by atoms with van der Waals surface area (Å²) in [6.07, 6.45) is 3.15. The Morgan fingerprint density at radius 3 is 2.41 bits per heavy atom. The monoisotopic (exact) mass is 639 g/mol. The number of benzene rings is 2. The molecule has 0 saturated heterocycles. The van der Waals surface area contributed by atoms with Gasteiger partial charge in [-0.3, -0.25) is 14.6 Å². The van der Waals surface area contributed by atoms with Crippen LogP contribution in [-0.4, -0.2) is 43.0 Å². The first-order chi connectivity index (χ1) is 20.8. The minimum Gasteiger partial charge on any atom is -0.379 e. The molecule has 230 valence electrons. The van der Waals surface area contributed by atoms with Crippen LogP contribution in [0.15, 0.2) is 67.0 Å². The van der Waals surface area contributed by atoms with Gasteiger partial charge in [0, 0.05) is 30.0 Å². The summed E-state index contributed by atoms with van der Waals surface area (Å²) >= 11 is 11.5. The highest BCUT2D eigenvalue weighted by Gasteiger charge is 2.51. The van der Waals surface area contributed by atoms with Crippen molar-refractivity contribution in [3.63, 3.8) is 0 Å². The number of imidazole rings is 1. The van der Waals surface area contributed by atoms with Gasteiger partial charge in [-0.1, -0.05) is 41.4 Å². The fourth-order valence-corrected chi connectivity index (χ4v) is 5.21. The highest BCUT2D eigenvalue weighted by molar-refractivity contribution is 6.30. The molecule has 2 aliphatic rings. The third-order valence-corrected chi connectivity index (χ3v) is 8.54. The Bertz CT molecular complexity index is 1670. The van der Waals surface area contributed by atoms with Crippen LogP contribution >= 0.6 is 23.2 Å². The number of aromatic nitrogens is 3. The van der Waals surface area contributed by atoms with Gasteiger partial charge >= 0.3 is 0 Å². The number of fused-ring (bicyclic) bond motifs is 1. The van der Waals surface area contributed by atoms with E-state index in [2.05, 4.69) is 9.97 Å². The normalized spacial score (nSPS) is 17.8. The molecule has 1 fully saturated rings. The molecule has 3 N–H and O–H groups in total. The van der Waals surface area contributed by atoms with Crippen molar-refractivity contribution in [2.75, 3.05) is 6.61 Å². The number of hydrogen-bond donors (Lipinski definition) is 2. The number of rotatable bonds is 8. The van der Waals surface area contributed by atoms with Crippen LogP contribution in [0.5, 0.6) is 0 Å². The average Bonchev–Trinajstić information content (AvgIpc) is 3.64. The van der Waals surface area contributed by atoms with Crippen molar-refractivity contribution in [1.82, 2.24) is 19.4 Å². The predicted octanol–water partition coefficient (Wildman–Crippen LogP) is 5.45. The van der Waals surface area contributed by atoms with Gasteiger partial charge < -0.3 is 25.0 Å². The molecule has 6 rings (SSSR count). The van der Waals surface area contributed by atoms with Crippen molar-refractivity contribution in [2.45, 2.75) is 45.1 Å². The summed E-state index contributed by atoms with van der Waals surface area (Å²) in [5, 5.41) is 12.6. The lowest BCUT2D eigenvalue weighted by atomic mass is 9.90. The quantitative estimate of drug-likeness (QED) is 0.264. The van der Waals surface area contributed by atoms with Crippen LogP contribution in [0.4, 0.5) is 4.39 Å². The molecule has 4 aromatic rings. The van der Waals surface area contributed by atoms with Gasteiger partial charge in [-0.05, 0) is 68.7 Å². The molecule has 0 bridgehead atoms. The summed E-state index contributed by atoms with van der Waals surface area (Å²) < 4.78 is 23.5. The number of nitrogens with two attached hydrogens (primary N) is 1. The summed E-state index contributed by atoms with van der Waals surface area (Å²) in [6, 6.07) is 15.4. The Balaban J connectivity index is 0.000000484. The molecule has 1 aliphatic carbocycles. The second-order valence-electron chi connectivity index (χ2n) is 11.3. The van der Waals surface area contributed by atoms with E-state index in [1.165, 1.54) is 30.2 Å². The summed E-state index contributed by atoms with van der Waals surface area (Å²) in [5.41, 5.74) is 4.19. The van der Waals surface area contributed by atoms with E-state index in [1.807, 2.05) is 30.3 Å². The number of carbonyl (C=O) groups excluding carboxylic acids is 2. The van der Waals surface area contributed by atoms with Gasteiger partial charge in [0.15, 0.2) is 6.23 Å². The van der Waals surface area contributed by atoms with E-state index in [0.717, 1.165) is 5.02 Å². The van der Waals surface area contributed by atoms with Crippen molar-refractivity contribution < 1.29 is 23.8 Å². The number of amides is 2. The van der Waals surface area contributed by atoms with Crippen LogP contribution in [0.25, 0.3) is 0 Å². The van der Waals surface area contributed by atoms with E-state index in [0.29, 0.717) is 35.1 Å². The van der Waals surface area contributed by atoms with Crippen molar-refractivity contribution in [3.05, 3.63) is 117 Å².